The van der Waals surface area contributed by atoms with Crippen molar-refractivity contribution in [1.29, 1.82) is 0 Å². The van der Waals surface area contributed by atoms with Gasteiger partial charge in [0.25, 0.3) is 5.91 Å². The van der Waals surface area contributed by atoms with E-state index in [1.807, 2.05) is 0 Å². The molecule has 0 bridgehead atoms. The molecular formula is C18H19F3N2O3. The number of hydrogen-bond acceptors (Lipinski definition) is 4. The Morgan fingerprint density at radius 2 is 1.81 bits per heavy atom. The van der Waals surface area contributed by atoms with Crippen LogP contribution in [-0.2, 0) is 0 Å². The highest BCUT2D eigenvalue weighted by Crippen LogP contribution is 2.31. The smallest absolute Gasteiger partial charge is 0.436 e. The molecule has 3 rings (SSSR count). The first-order valence-electron chi connectivity index (χ1n) is 8.32. The van der Waals surface area contributed by atoms with Gasteiger partial charge in [-0.15, -0.1) is 13.2 Å². The lowest BCUT2D eigenvalue weighted by molar-refractivity contribution is -0.274. The van der Waals surface area contributed by atoms with Gasteiger partial charge >= 0.3 is 6.36 Å². The maximum absolute atomic E-state index is 12.5. The number of carbonyl (C=O) groups is 1. The lowest BCUT2D eigenvalue weighted by Gasteiger charge is -2.31. The van der Waals surface area contributed by atoms with Gasteiger partial charge in [0.1, 0.15) is 5.75 Å². The second kappa shape index (κ2) is 7.01. The normalized spacial score (nSPS) is 16.0. The summed E-state index contributed by atoms with van der Waals surface area (Å²) in [6.07, 6.45) is -3.22. The van der Waals surface area contributed by atoms with Crippen LogP contribution in [0.2, 0.25) is 0 Å². The van der Waals surface area contributed by atoms with Crippen LogP contribution in [0.4, 0.5) is 13.2 Å². The summed E-state index contributed by atoms with van der Waals surface area (Å²) >= 11 is 0. The van der Waals surface area contributed by atoms with Crippen LogP contribution in [0, 0.1) is 13.8 Å². The molecule has 0 aliphatic carbocycles. The zero-order valence-electron chi connectivity index (χ0n) is 14.5. The molecule has 1 aliphatic rings. The van der Waals surface area contributed by atoms with Crippen LogP contribution in [0.3, 0.4) is 0 Å². The Hall–Kier alpha value is -2.51. The Bertz CT molecular complexity index is 776. The van der Waals surface area contributed by atoms with Crippen molar-refractivity contribution >= 4 is 5.91 Å². The molecule has 0 atom stereocenters. The van der Waals surface area contributed by atoms with Gasteiger partial charge in [0.15, 0.2) is 5.89 Å². The quantitative estimate of drug-likeness (QED) is 0.814. The second-order valence-electron chi connectivity index (χ2n) is 6.33. The van der Waals surface area contributed by atoms with Crippen LogP contribution >= 0.6 is 0 Å². The van der Waals surface area contributed by atoms with E-state index in [2.05, 4.69) is 9.72 Å². The third kappa shape index (κ3) is 4.17. The molecule has 2 heterocycles. The molecule has 0 N–H and O–H groups in total. The number of amides is 1. The summed E-state index contributed by atoms with van der Waals surface area (Å²) in [6.45, 7) is 4.55. The van der Waals surface area contributed by atoms with Gasteiger partial charge in [-0.25, -0.2) is 4.98 Å². The number of aryl methyl sites for hydroxylation is 2. The van der Waals surface area contributed by atoms with E-state index in [0.717, 1.165) is 18.4 Å². The minimum atomic E-state index is -4.69. The molecule has 1 fully saturated rings. The summed E-state index contributed by atoms with van der Waals surface area (Å²) in [4.78, 5) is 18.4. The van der Waals surface area contributed by atoms with Crippen molar-refractivity contribution in [1.82, 2.24) is 9.88 Å². The fourth-order valence-electron chi connectivity index (χ4n) is 3.23. The second-order valence-corrected chi connectivity index (χ2v) is 6.33. The van der Waals surface area contributed by atoms with Gasteiger partial charge in [0.05, 0.1) is 5.69 Å². The van der Waals surface area contributed by atoms with Gasteiger partial charge in [-0.2, -0.15) is 0 Å². The molecule has 8 heteroatoms. The number of piperidine rings is 1. The van der Waals surface area contributed by atoms with Gasteiger partial charge in [-0.3, -0.25) is 4.79 Å². The van der Waals surface area contributed by atoms with Crippen LogP contribution in [0.25, 0.3) is 0 Å². The molecule has 1 saturated heterocycles. The lowest BCUT2D eigenvalue weighted by Crippen LogP contribution is -2.38. The average Bonchev–Trinajstić information content (AvgIpc) is 2.92. The summed E-state index contributed by atoms with van der Waals surface area (Å²) in [6, 6.07) is 5.93. The zero-order valence-corrected chi connectivity index (χ0v) is 14.5. The van der Waals surface area contributed by atoms with E-state index in [-0.39, 0.29) is 23.3 Å². The number of rotatable bonds is 3. The number of aromatic nitrogens is 1. The first-order chi connectivity index (χ1) is 12.2. The highest BCUT2D eigenvalue weighted by molar-refractivity contribution is 5.92. The number of carbonyl (C=O) groups excluding carboxylic acids is 1. The predicted octanol–water partition coefficient (Wildman–Crippen LogP) is 4.21. The van der Waals surface area contributed by atoms with E-state index in [1.165, 1.54) is 12.1 Å². The summed E-state index contributed by atoms with van der Waals surface area (Å²) in [5, 5.41) is 0. The fourth-order valence-corrected chi connectivity index (χ4v) is 3.23. The summed E-state index contributed by atoms with van der Waals surface area (Å²) in [7, 11) is 0. The minimum Gasteiger partial charge on any atom is -0.436 e. The third-order valence-electron chi connectivity index (χ3n) is 4.47. The first kappa shape index (κ1) is 18.3. The molecule has 140 valence electrons. The number of oxazole rings is 1. The largest absolute Gasteiger partial charge is 0.573 e. The van der Waals surface area contributed by atoms with E-state index in [9.17, 15) is 18.0 Å². The average molecular weight is 368 g/mol. The van der Waals surface area contributed by atoms with Crippen molar-refractivity contribution in [2.24, 2.45) is 0 Å². The summed E-state index contributed by atoms with van der Waals surface area (Å²) in [5.74, 6) is 0.522. The molecule has 0 radical (unpaired) electrons. The highest BCUT2D eigenvalue weighted by atomic mass is 19.4. The number of ether oxygens (including phenoxy) is 1. The van der Waals surface area contributed by atoms with Crippen LogP contribution in [0.15, 0.2) is 28.7 Å². The van der Waals surface area contributed by atoms with Gasteiger partial charge in [0, 0.05) is 20.0 Å². The molecule has 0 unspecified atom stereocenters. The maximum atomic E-state index is 12.5. The lowest BCUT2D eigenvalue weighted by atomic mass is 9.89. The Morgan fingerprint density at radius 1 is 1.19 bits per heavy atom. The van der Waals surface area contributed by atoms with E-state index in [0.29, 0.717) is 24.7 Å². The third-order valence-corrected chi connectivity index (χ3v) is 4.47. The Kier molecular flexibility index (Phi) is 4.93. The highest BCUT2D eigenvalue weighted by Gasteiger charge is 2.31. The SMILES string of the molecule is Cc1nc(C)c(C(=O)N2CCC(c3ccc(OC(F)(F)F)cc3)CC2)o1. The van der Waals surface area contributed by atoms with Crippen LogP contribution in [-0.4, -0.2) is 35.2 Å². The fraction of sp³-hybridized carbons (Fsp3) is 0.444. The number of benzene rings is 1. The number of nitrogens with zero attached hydrogens (tertiary/aromatic N) is 2. The predicted molar refractivity (Wildman–Crippen MR) is 87.0 cm³/mol. The van der Waals surface area contributed by atoms with Crippen LogP contribution < -0.4 is 4.74 Å². The maximum Gasteiger partial charge on any atom is 0.573 e. The van der Waals surface area contributed by atoms with Gasteiger partial charge < -0.3 is 14.1 Å². The van der Waals surface area contributed by atoms with E-state index in [1.54, 1.807) is 30.9 Å². The standard InChI is InChI=1S/C18H19F3N2O3/c1-11-16(25-12(2)22-11)17(24)23-9-7-14(8-10-23)13-3-5-15(6-4-13)26-18(19,20)21/h3-6,14H,7-10H2,1-2H3. The van der Waals surface area contributed by atoms with Gasteiger partial charge in [0.2, 0.25) is 5.76 Å². The minimum absolute atomic E-state index is 0.171. The van der Waals surface area contributed by atoms with Gasteiger partial charge in [-0.05, 0) is 43.4 Å². The molecule has 1 aromatic heterocycles. The number of hydrogen-bond donors (Lipinski definition) is 0. The topological polar surface area (TPSA) is 55.6 Å². The van der Waals surface area contributed by atoms with E-state index >= 15 is 0 Å². The molecule has 1 aliphatic heterocycles. The number of likely N-dealkylation sites (tertiary alicyclic amines) is 1. The Morgan fingerprint density at radius 3 is 2.31 bits per heavy atom. The van der Waals surface area contributed by atoms with Crippen molar-refractivity contribution in [2.75, 3.05) is 13.1 Å². The monoisotopic (exact) mass is 368 g/mol. The molecular weight excluding hydrogens is 349 g/mol. The van der Waals surface area contributed by atoms with Gasteiger partial charge in [-0.1, -0.05) is 12.1 Å². The van der Waals surface area contributed by atoms with Crippen molar-refractivity contribution in [2.45, 2.75) is 39.0 Å². The molecule has 0 saturated carbocycles. The molecule has 26 heavy (non-hydrogen) atoms. The van der Waals surface area contributed by atoms with E-state index in [4.69, 9.17) is 4.42 Å². The number of alkyl halides is 3. The van der Waals surface area contributed by atoms with E-state index < -0.39 is 6.36 Å². The van der Waals surface area contributed by atoms with Crippen LogP contribution in [0.1, 0.15) is 46.5 Å². The van der Waals surface area contributed by atoms with Crippen molar-refractivity contribution in [3.8, 4) is 5.75 Å². The molecule has 1 aromatic carbocycles. The first-order valence-corrected chi connectivity index (χ1v) is 8.32. The Balaban J connectivity index is 1.60. The zero-order chi connectivity index (χ0) is 18.9. The molecule has 1 amide bonds. The summed E-state index contributed by atoms with van der Waals surface area (Å²) < 4.78 is 45.9. The number of halogens is 3. The van der Waals surface area contributed by atoms with Crippen molar-refractivity contribution in [3.05, 3.63) is 47.2 Å². The molecule has 5 nitrogen and oxygen atoms in total. The van der Waals surface area contributed by atoms with Crippen molar-refractivity contribution < 1.29 is 27.1 Å². The molecule has 2 aromatic rings. The summed E-state index contributed by atoms with van der Waals surface area (Å²) in [5.41, 5.74) is 1.52. The molecule has 0 spiro atoms. The Labute approximate surface area is 148 Å². The van der Waals surface area contributed by atoms with Crippen LogP contribution in [0.5, 0.6) is 5.75 Å². The van der Waals surface area contributed by atoms with Crippen molar-refractivity contribution in [3.63, 3.8) is 0 Å².